The highest BCUT2D eigenvalue weighted by Gasteiger charge is 2.30. The van der Waals surface area contributed by atoms with E-state index in [1.807, 2.05) is 30.3 Å². The number of hydrogen-bond acceptors (Lipinski definition) is 4. The minimum absolute atomic E-state index is 0.00294. The van der Waals surface area contributed by atoms with Gasteiger partial charge in [-0.05, 0) is 24.6 Å². The number of piperazine rings is 1. The van der Waals surface area contributed by atoms with Crippen LogP contribution >= 0.6 is 0 Å². The first kappa shape index (κ1) is 19.3. The van der Waals surface area contributed by atoms with E-state index >= 15 is 0 Å². The Morgan fingerprint density at radius 3 is 2.22 bits per heavy atom. The number of carbonyl (C=O) groups excluding carboxylic acids is 2. The maximum atomic E-state index is 12.8. The van der Waals surface area contributed by atoms with Crippen LogP contribution in [0.5, 0.6) is 0 Å². The van der Waals surface area contributed by atoms with E-state index in [0.717, 1.165) is 5.56 Å². The number of rotatable bonds is 5. The van der Waals surface area contributed by atoms with E-state index in [0.29, 0.717) is 25.1 Å². The van der Waals surface area contributed by atoms with Gasteiger partial charge in [0.1, 0.15) is 0 Å². The zero-order chi connectivity index (χ0) is 19.4. The van der Waals surface area contributed by atoms with Crippen LogP contribution in [0.2, 0.25) is 0 Å². The summed E-state index contributed by atoms with van der Waals surface area (Å²) in [7, 11) is -3.68. The Hall–Kier alpha value is -2.51. The molecular formula is C20H22N2O4S. The number of amides is 1. The Morgan fingerprint density at radius 2 is 1.59 bits per heavy atom. The molecule has 142 valence electrons. The molecule has 1 saturated heterocycles. The fraction of sp³-hybridized carbons (Fsp3) is 0.300. The van der Waals surface area contributed by atoms with Crippen LogP contribution in [0.15, 0.2) is 59.5 Å². The number of benzene rings is 2. The van der Waals surface area contributed by atoms with Gasteiger partial charge in [-0.2, -0.15) is 4.31 Å². The number of sulfonamides is 1. The molecule has 1 amide bonds. The maximum Gasteiger partial charge on any atom is 0.243 e. The van der Waals surface area contributed by atoms with Crippen LogP contribution in [0.1, 0.15) is 22.8 Å². The first-order valence-corrected chi connectivity index (χ1v) is 10.2. The average molecular weight is 386 g/mol. The van der Waals surface area contributed by atoms with Gasteiger partial charge in [-0.25, -0.2) is 8.42 Å². The summed E-state index contributed by atoms with van der Waals surface area (Å²) in [6, 6.07) is 15.6. The molecule has 0 spiro atoms. The summed E-state index contributed by atoms with van der Waals surface area (Å²) in [5, 5.41) is 0. The minimum atomic E-state index is -3.68. The van der Waals surface area contributed by atoms with E-state index in [9.17, 15) is 18.0 Å². The van der Waals surface area contributed by atoms with Crippen molar-refractivity contribution in [1.82, 2.24) is 9.21 Å². The summed E-state index contributed by atoms with van der Waals surface area (Å²) in [6.07, 6.45) is 0.314. The van der Waals surface area contributed by atoms with Crippen molar-refractivity contribution < 1.29 is 18.0 Å². The fourth-order valence-corrected chi connectivity index (χ4v) is 4.55. The van der Waals surface area contributed by atoms with Gasteiger partial charge in [-0.1, -0.05) is 42.5 Å². The van der Waals surface area contributed by atoms with Gasteiger partial charge in [0.25, 0.3) is 0 Å². The van der Waals surface area contributed by atoms with Crippen LogP contribution in [0.25, 0.3) is 0 Å². The lowest BCUT2D eigenvalue weighted by Crippen LogP contribution is -2.50. The number of ketones is 1. The topological polar surface area (TPSA) is 74.8 Å². The van der Waals surface area contributed by atoms with Gasteiger partial charge < -0.3 is 4.90 Å². The summed E-state index contributed by atoms with van der Waals surface area (Å²) >= 11 is 0. The number of nitrogens with zero attached hydrogens (tertiary/aromatic N) is 2. The van der Waals surface area contributed by atoms with Crippen molar-refractivity contribution in [2.45, 2.75) is 18.2 Å². The molecule has 1 fully saturated rings. The van der Waals surface area contributed by atoms with E-state index in [1.165, 1.54) is 23.4 Å². The second-order valence-electron chi connectivity index (χ2n) is 6.53. The Morgan fingerprint density at radius 1 is 0.926 bits per heavy atom. The Balaban J connectivity index is 1.65. The number of Topliss-reactive ketones (excluding diaryl/α,β-unsaturated/α-hetero) is 1. The van der Waals surface area contributed by atoms with Gasteiger partial charge in [0, 0.05) is 31.7 Å². The van der Waals surface area contributed by atoms with E-state index in [2.05, 4.69) is 0 Å². The lowest BCUT2D eigenvalue weighted by molar-refractivity contribution is -0.131. The van der Waals surface area contributed by atoms with Gasteiger partial charge in [-0.3, -0.25) is 9.59 Å². The van der Waals surface area contributed by atoms with Crippen LogP contribution < -0.4 is 0 Å². The highest BCUT2D eigenvalue weighted by Crippen LogP contribution is 2.19. The largest absolute Gasteiger partial charge is 0.340 e. The molecule has 0 atom stereocenters. The molecule has 7 heteroatoms. The molecular weight excluding hydrogens is 364 g/mol. The molecule has 0 N–H and O–H groups in total. The molecule has 0 unspecified atom stereocenters. The average Bonchev–Trinajstić information content (AvgIpc) is 2.69. The SMILES string of the molecule is CC(=O)c1cccc(S(=O)(=O)N2CCN(C(=O)Cc3ccccc3)CC2)c1. The molecule has 2 aromatic carbocycles. The summed E-state index contributed by atoms with van der Waals surface area (Å²) < 4.78 is 27.1. The fourth-order valence-electron chi connectivity index (χ4n) is 3.08. The molecule has 2 aromatic rings. The molecule has 0 aromatic heterocycles. The second-order valence-corrected chi connectivity index (χ2v) is 8.47. The summed E-state index contributed by atoms with van der Waals surface area (Å²) in [5.41, 5.74) is 1.31. The zero-order valence-corrected chi connectivity index (χ0v) is 16.0. The molecule has 6 nitrogen and oxygen atoms in total. The summed E-state index contributed by atoms with van der Waals surface area (Å²) in [6.45, 7) is 2.61. The highest BCUT2D eigenvalue weighted by atomic mass is 32.2. The van der Waals surface area contributed by atoms with Gasteiger partial charge in [0.2, 0.25) is 15.9 Å². The smallest absolute Gasteiger partial charge is 0.243 e. The predicted octanol–water partition coefficient (Wildman–Crippen LogP) is 1.96. The highest BCUT2D eigenvalue weighted by molar-refractivity contribution is 7.89. The van der Waals surface area contributed by atoms with E-state index in [-0.39, 0.29) is 29.7 Å². The van der Waals surface area contributed by atoms with Crippen LogP contribution in [0.4, 0.5) is 0 Å². The van der Waals surface area contributed by atoms with Crippen molar-refractivity contribution in [3.05, 3.63) is 65.7 Å². The van der Waals surface area contributed by atoms with Crippen LogP contribution in [-0.2, 0) is 21.2 Å². The third-order valence-electron chi connectivity index (χ3n) is 4.67. The monoisotopic (exact) mass is 386 g/mol. The van der Waals surface area contributed by atoms with Gasteiger partial charge in [0.05, 0.1) is 11.3 Å². The molecule has 3 rings (SSSR count). The van der Waals surface area contributed by atoms with E-state index < -0.39 is 10.0 Å². The normalized spacial score (nSPS) is 15.5. The standard InChI is InChI=1S/C20H22N2O4S/c1-16(23)18-8-5-9-19(15-18)27(25,26)22-12-10-21(11-13-22)20(24)14-17-6-3-2-4-7-17/h2-9,15H,10-14H2,1H3. The van der Waals surface area contributed by atoms with E-state index in [1.54, 1.807) is 17.0 Å². The second kappa shape index (κ2) is 8.02. The molecule has 0 saturated carbocycles. The first-order chi connectivity index (χ1) is 12.9. The Labute approximate surface area is 159 Å². The molecule has 1 aliphatic heterocycles. The Kier molecular flexibility index (Phi) is 5.72. The molecule has 0 radical (unpaired) electrons. The quantitative estimate of drug-likeness (QED) is 0.737. The lowest BCUT2D eigenvalue weighted by atomic mass is 10.1. The Bertz CT molecular complexity index is 933. The molecule has 27 heavy (non-hydrogen) atoms. The molecule has 1 aliphatic rings. The minimum Gasteiger partial charge on any atom is -0.340 e. The first-order valence-electron chi connectivity index (χ1n) is 8.81. The molecule has 0 bridgehead atoms. The van der Waals surface area contributed by atoms with E-state index in [4.69, 9.17) is 0 Å². The third kappa shape index (κ3) is 4.43. The molecule has 0 aliphatic carbocycles. The van der Waals surface area contributed by atoms with Crippen molar-refractivity contribution in [2.75, 3.05) is 26.2 Å². The number of carbonyl (C=O) groups is 2. The molecule has 1 heterocycles. The third-order valence-corrected chi connectivity index (χ3v) is 6.56. The van der Waals surface area contributed by atoms with Crippen molar-refractivity contribution in [3.8, 4) is 0 Å². The van der Waals surface area contributed by atoms with Crippen molar-refractivity contribution in [3.63, 3.8) is 0 Å². The zero-order valence-electron chi connectivity index (χ0n) is 15.2. The van der Waals surface area contributed by atoms with Gasteiger partial charge in [0.15, 0.2) is 5.78 Å². The summed E-state index contributed by atoms with van der Waals surface area (Å²) in [5.74, 6) is -0.180. The van der Waals surface area contributed by atoms with Gasteiger partial charge in [-0.15, -0.1) is 0 Å². The number of hydrogen-bond donors (Lipinski definition) is 0. The van der Waals surface area contributed by atoms with Crippen LogP contribution in [0, 0.1) is 0 Å². The van der Waals surface area contributed by atoms with Crippen molar-refractivity contribution in [2.24, 2.45) is 0 Å². The van der Waals surface area contributed by atoms with Crippen LogP contribution in [0.3, 0.4) is 0 Å². The lowest BCUT2D eigenvalue weighted by Gasteiger charge is -2.34. The van der Waals surface area contributed by atoms with Crippen LogP contribution in [-0.4, -0.2) is 55.5 Å². The maximum absolute atomic E-state index is 12.8. The predicted molar refractivity (Wildman–Crippen MR) is 102 cm³/mol. The van der Waals surface area contributed by atoms with Crippen molar-refractivity contribution >= 4 is 21.7 Å². The van der Waals surface area contributed by atoms with Crippen molar-refractivity contribution in [1.29, 1.82) is 0 Å². The summed E-state index contributed by atoms with van der Waals surface area (Å²) in [4.78, 5) is 25.8. The van der Waals surface area contributed by atoms with Gasteiger partial charge >= 0.3 is 0 Å².